The van der Waals surface area contributed by atoms with Crippen molar-refractivity contribution in [1.82, 2.24) is 0 Å². The lowest BCUT2D eigenvalue weighted by Gasteiger charge is -2.40. The molecule has 2 heterocycles. The number of ether oxygens (including phenoxy) is 1. The summed E-state index contributed by atoms with van der Waals surface area (Å²) in [5.74, 6) is 1.78. The molecule has 2 nitrogen and oxygen atoms in total. The molecule has 0 saturated heterocycles. The molecule has 0 fully saturated rings. The van der Waals surface area contributed by atoms with Crippen LogP contribution in [-0.2, 0) is 10.8 Å². The lowest BCUT2D eigenvalue weighted by atomic mass is 9.66. The maximum Gasteiger partial charge on any atom is 0.132 e. The number of benzene rings is 11. The molecule has 0 unspecified atom stereocenters. The van der Waals surface area contributed by atoms with Gasteiger partial charge in [0.05, 0.1) is 22.2 Å². The van der Waals surface area contributed by atoms with Crippen molar-refractivity contribution in [3.05, 3.63) is 305 Å². The third-order valence-corrected chi connectivity index (χ3v) is 16.8. The predicted octanol–water partition coefficient (Wildman–Crippen LogP) is 17.8. The van der Waals surface area contributed by atoms with Crippen molar-refractivity contribution in [2.24, 2.45) is 0 Å². The number of rotatable bonds is 5. The van der Waals surface area contributed by atoms with E-state index in [2.05, 4.69) is 266 Å². The molecule has 0 N–H and O–H groups in total. The van der Waals surface area contributed by atoms with Crippen LogP contribution < -0.4 is 9.64 Å². The summed E-state index contributed by atoms with van der Waals surface area (Å²) in [5.41, 5.74) is 22.0. The van der Waals surface area contributed by atoms with E-state index in [0.717, 1.165) is 50.8 Å². The summed E-state index contributed by atoms with van der Waals surface area (Å²) in [6.07, 6.45) is 0. The molecule has 0 radical (unpaired) electrons. The third-order valence-electron chi connectivity index (χ3n) is 15.6. The van der Waals surface area contributed by atoms with Crippen LogP contribution in [0.5, 0.6) is 11.5 Å². The number of fused-ring (bicyclic) bond motifs is 18. The van der Waals surface area contributed by atoms with Gasteiger partial charge in [-0.1, -0.05) is 224 Å². The minimum absolute atomic E-state index is 0.522. The average molecular weight is 922 g/mol. The molecular weight excluding hydrogens is 879 g/mol. The third kappa shape index (κ3) is 5.55. The Labute approximate surface area is 418 Å². The minimum Gasteiger partial charge on any atom is -0.457 e. The first-order valence-electron chi connectivity index (χ1n) is 24.5. The Balaban J connectivity index is 1.02. The van der Waals surface area contributed by atoms with Gasteiger partial charge in [0.2, 0.25) is 0 Å². The largest absolute Gasteiger partial charge is 0.457 e. The Bertz CT molecular complexity index is 3870. The Kier molecular flexibility index (Phi) is 8.76. The van der Waals surface area contributed by atoms with Gasteiger partial charge in [-0.2, -0.15) is 0 Å². The maximum absolute atomic E-state index is 6.71. The Morgan fingerprint density at radius 2 is 0.761 bits per heavy atom. The fourth-order valence-electron chi connectivity index (χ4n) is 12.8. The predicted molar refractivity (Wildman–Crippen MR) is 291 cm³/mol. The van der Waals surface area contributed by atoms with Gasteiger partial charge < -0.3 is 9.64 Å². The summed E-state index contributed by atoms with van der Waals surface area (Å²) in [5, 5.41) is 0. The molecule has 3 heteroatoms. The van der Waals surface area contributed by atoms with E-state index in [0.29, 0.717) is 0 Å². The zero-order chi connectivity index (χ0) is 46.7. The van der Waals surface area contributed by atoms with Crippen LogP contribution in [0.2, 0.25) is 0 Å². The Morgan fingerprint density at radius 1 is 0.296 bits per heavy atom. The van der Waals surface area contributed by atoms with Crippen LogP contribution in [0.1, 0.15) is 44.5 Å². The van der Waals surface area contributed by atoms with Crippen molar-refractivity contribution in [3.8, 4) is 56.0 Å². The zero-order valence-electron chi connectivity index (χ0n) is 38.6. The van der Waals surface area contributed by atoms with Gasteiger partial charge in [-0.15, -0.1) is 0 Å². The molecule has 2 aliphatic heterocycles. The van der Waals surface area contributed by atoms with E-state index in [9.17, 15) is 0 Å². The van der Waals surface area contributed by atoms with Gasteiger partial charge in [0, 0.05) is 37.7 Å². The van der Waals surface area contributed by atoms with Crippen LogP contribution in [-0.4, -0.2) is 0 Å². The molecule has 0 aromatic heterocycles. The van der Waals surface area contributed by atoms with Crippen LogP contribution in [0.4, 0.5) is 17.1 Å². The van der Waals surface area contributed by atoms with Crippen molar-refractivity contribution in [1.29, 1.82) is 0 Å². The van der Waals surface area contributed by atoms with Crippen molar-refractivity contribution in [3.63, 3.8) is 0 Å². The molecule has 15 rings (SSSR count). The van der Waals surface area contributed by atoms with Crippen LogP contribution in [0.15, 0.2) is 271 Å². The van der Waals surface area contributed by atoms with Crippen LogP contribution in [0.25, 0.3) is 44.5 Å². The van der Waals surface area contributed by atoms with Gasteiger partial charge in [-0.25, -0.2) is 0 Å². The van der Waals surface area contributed by atoms with E-state index in [-0.39, 0.29) is 0 Å². The highest BCUT2D eigenvalue weighted by Crippen LogP contribution is 2.66. The quantitative estimate of drug-likeness (QED) is 0.171. The van der Waals surface area contributed by atoms with Crippen LogP contribution >= 0.6 is 11.8 Å². The molecule has 0 atom stereocenters. The Hall–Kier alpha value is -8.63. The van der Waals surface area contributed by atoms with Gasteiger partial charge in [0.1, 0.15) is 11.5 Å². The lowest BCUT2D eigenvalue weighted by Crippen LogP contribution is -2.32. The zero-order valence-corrected chi connectivity index (χ0v) is 39.4. The van der Waals surface area contributed by atoms with Crippen molar-refractivity contribution in [2.75, 3.05) is 4.90 Å². The standard InChI is InChI=1S/C68H43NOS/c1-2-19-44(20-3-1)45-37-39-46(40-38-45)48-21-6-13-31-60(48)69(47-41-42-54-51(43-47)49-22-4-7-24-52(49)67(54)55-26-9-14-33-62(55)70-63-34-15-10-27-56(63)67)61-32-18-30-59-66(61)50-23-5-8-25-53(50)68(59)57-28-11-16-35-64(57)71-65-36-17-12-29-58(65)68/h1-43H. The maximum atomic E-state index is 6.71. The molecule has 2 spiro atoms. The minimum atomic E-state index is -0.571. The van der Waals surface area contributed by atoms with Gasteiger partial charge in [0.25, 0.3) is 0 Å². The molecule has 332 valence electrons. The summed E-state index contributed by atoms with van der Waals surface area (Å²) >= 11 is 1.88. The van der Waals surface area contributed by atoms with E-state index in [1.54, 1.807) is 0 Å². The highest BCUT2D eigenvalue weighted by atomic mass is 32.2. The average Bonchev–Trinajstić information content (AvgIpc) is 3.90. The van der Waals surface area contributed by atoms with E-state index in [1.807, 2.05) is 11.8 Å². The van der Waals surface area contributed by atoms with Crippen LogP contribution in [0.3, 0.4) is 0 Å². The van der Waals surface area contributed by atoms with E-state index in [4.69, 9.17) is 4.74 Å². The summed E-state index contributed by atoms with van der Waals surface area (Å²) in [7, 11) is 0. The first kappa shape index (κ1) is 40.3. The molecule has 4 aliphatic rings. The number of hydrogen-bond acceptors (Lipinski definition) is 3. The highest BCUT2D eigenvalue weighted by molar-refractivity contribution is 7.99. The summed E-state index contributed by atoms with van der Waals surface area (Å²) in [6, 6.07) is 96.6. The summed E-state index contributed by atoms with van der Waals surface area (Å²) in [4.78, 5) is 5.15. The topological polar surface area (TPSA) is 12.5 Å². The van der Waals surface area contributed by atoms with Gasteiger partial charge in [0.15, 0.2) is 0 Å². The van der Waals surface area contributed by atoms with Crippen LogP contribution in [0, 0.1) is 0 Å². The first-order valence-corrected chi connectivity index (χ1v) is 25.3. The first-order chi connectivity index (χ1) is 35.2. The second-order valence-electron chi connectivity index (χ2n) is 19.0. The molecule has 71 heavy (non-hydrogen) atoms. The number of para-hydroxylation sites is 3. The smallest absolute Gasteiger partial charge is 0.132 e. The lowest BCUT2D eigenvalue weighted by molar-refractivity contribution is 0.436. The molecule has 11 aromatic carbocycles. The second-order valence-corrected chi connectivity index (χ2v) is 20.1. The second kappa shape index (κ2) is 15.4. The van der Waals surface area contributed by atoms with E-state index in [1.165, 1.54) is 76.6 Å². The fourth-order valence-corrected chi connectivity index (χ4v) is 14.0. The van der Waals surface area contributed by atoms with Gasteiger partial charge in [-0.05, 0) is 115 Å². The monoisotopic (exact) mass is 921 g/mol. The number of hydrogen-bond donors (Lipinski definition) is 0. The number of anilines is 3. The highest BCUT2D eigenvalue weighted by Gasteiger charge is 2.53. The van der Waals surface area contributed by atoms with Gasteiger partial charge >= 0.3 is 0 Å². The van der Waals surface area contributed by atoms with Gasteiger partial charge in [-0.3, -0.25) is 0 Å². The normalized spacial score (nSPS) is 14.2. The van der Waals surface area contributed by atoms with E-state index >= 15 is 0 Å². The van der Waals surface area contributed by atoms with Crippen molar-refractivity contribution >= 4 is 28.8 Å². The molecule has 0 bridgehead atoms. The fraction of sp³-hybridized carbons (Fsp3) is 0.0294. The molecular formula is C68H43NOS. The molecule has 2 aliphatic carbocycles. The number of nitrogens with zero attached hydrogens (tertiary/aromatic N) is 1. The van der Waals surface area contributed by atoms with Crippen molar-refractivity contribution < 1.29 is 4.74 Å². The summed E-state index contributed by atoms with van der Waals surface area (Å²) in [6.45, 7) is 0. The molecule has 0 amide bonds. The SMILES string of the molecule is c1ccc(-c2ccc(-c3ccccc3N(c3ccc4c(c3)-c3ccccc3C43c4ccccc4Oc4ccccc43)c3cccc4c3-c3ccccc3C43c4ccccc4Sc4ccccc43)cc2)cc1. The molecule has 0 saturated carbocycles. The Morgan fingerprint density at radius 3 is 1.45 bits per heavy atom. The molecule has 11 aromatic rings. The van der Waals surface area contributed by atoms with Crippen molar-refractivity contribution in [2.45, 2.75) is 20.6 Å². The summed E-state index contributed by atoms with van der Waals surface area (Å²) < 4.78 is 6.71. The van der Waals surface area contributed by atoms with E-state index < -0.39 is 10.8 Å².